The molecule has 0 saturated carbocycles. The van der Waals surface area contributed by atoms with E-state index in [0.29, 0.717) is 26.1 Å². The minimum atomic E-state index is -3.24. The molecule has 1 aliphatic rings. The van der Waals surface area contributed by atoms with E-state index in [2.05, 4.69) is 6.92 Å². The molecule has 0 aliphatic carbocycles. The van der Waals surface area contributed by atoms with Crippen LogP contribution in [-0.2, 0) is 14.8 Å². The molecule has 1 aliphatic heterocycles. The quantitative estimate of drug-likeness (QED) is 0.709. The molecule has 1 atom stereocenters. The fourth-order valence-corrected chi connectivity index (χ4v) is 4.88. The second kappa shape index (κ2) is 9.34. The van der Waals surface area contributed by atoms with Gasteiger partial charge in [-0.1, -0.05) is 38.5 Å². The Hall–Kier alpha value is -1.40. The Bertz CT molecular complexity index is 646. The first kappa shape index (κ1) is 19.9. The minimum Gasteiger partial charge on any atom is -0.312 e. The number of anilines is 1. The second-order valence-electron chi connectivity index (χ2n) is 6.69. The topological polar surface area (TPSA) is 57.7 Å². The van der Waals surface area contributed by atoms with Crippen molar-refractivity contribution in [1.82, 2.24) is 4.31 Å². The molecule has 0 radical (unpaired) electrons. The number of para-hydroxylation sites is 1. The Morgan fingerprint density at radius 1 is 1.20 bits per heavy atom. The smallest absolute Gasteiger partial charge is 0.231 e. The third-order valence-corrected chi connectivity index (χ3v) is 6.70. The van der Waals surface area contributed by atoms with Gasteiger partial charge in [0.15, 0.2) is 0 Å². The zero-order valence-electron chi connectivity index (χ0n) is 15.4. The number of amides is 1. The standard InChI is InChI=1S/C19H30N2O3S/c1-3-5-14-21(18-11-7-6-8-12-18)19(22)17-10-9-13-20(16-17)25(23,24)15-4-2/h6-8,11-12,17H,3-5,9-10,13-16H2,1-2H3. The van der Waals surface area contributed by atoms with Gasteiger partial charge in [0.25, 0.3) is 0 Å². The van der Waals surface area contributed by atoms with Crippen LogP contribution in [0.3, 0.4) is 0 Å². The summed E-state index contributed by atoms with van der Waals surface area (Å²) >= 11 is 0. The number of piperidine rings is 1. The van der Waals surface area contributed by atoms with Crippen LogP contribution >= 0.6 is 0 Å². The van der Waals surface area contributed by atoms with Crippen LogP contribution < -0.4 is 4.90 Å². The number of unbranched alkanes of at least 4 members (excludes halogenated alkanes) is 1. The number of benzene rings is 1. The summed E-state index contributed by atoms with van der Waals surface area (Å²) in [6.07, 6.45) is 4.05. The van der Waals surface area contributed by atoms with E-state index in [1.807, 2.05) is 42.2 Å². The molecule has 2 rings (SSSR count). The van der Waals surface area contributed by atoms with Crippen LogP contribution in [0.15, 0.2) is 30.3 Å². The normalized spacial score (nSPS) is 18.9. The summed E-state index contributed by atoms with van der Waals surface area (Å²) in [5.41, 5.74) is 0.898. The fourth-order valence-electron chi connectivity index (χ4n) is 3.29. The number of carbonyl (C=O) groups is 1. The van der Waals surface area contributed by atoms with Crippen LogP contribution in [0, 0.1) is 5.92 Å². The van der Waals surface area contributed by atoms with E-state index >= 15 is 0 Å². The van der Waals surface area contributed by atoms with Crippen molar-refractivity contribution in [2.24, 2.45) is 5.92 Å². The molecule has 0 aromatic heterocycles. The summed E-state index contributed by atoms with van der Waals surface area (Å²) < 4.78 is 26.3. The number of hydrogen-bond acceptors (Lipinski definition) is 3. The highest BCUT2D eigenvalue weighted by atomic mass is 32.2. The Labute approximate surface area is 152 Å². The molecule has 1 heterocycles. The monoisotopic (exact) mass is 366 g/mol. The highest BCUT2D eigenvalue weighted by Crippen LogP contribution is 2.25. The summed E-state index contributed by atoms with van der Waals surface area (Å²) in [6, 6.07) is 9.69. The van der Waals surface area contributed by atoms with Crippen LogP contribution in [0.1, 0.15) is 46.0 Å². The molecule has 6 heteroatoms. The molecule has 1 aromatic carbocycles. The average Bonchev–Trinajstić information content (AvgIpc) is 2.63. The van der Waals surface area contributed by atoms with Crippen molar-refractivity contribution < 1.29 is 13.2 Å². The lowest BCUT2D eigenvalue weighted by molar-refractivity contribution is -0.123. The maximum atomic E-state index is 13.1. The van der Waals surface area contributed by atoms with E-state index in [9.17, 15) is 13.2 Å². The minimum absolute atomic E-state index is 0.0519. The molecule has 0 bridgehead atoms. The van der Waals surface area contributed by atoms with Gasteiger partial charge in [-0.3, -0.25) is 4.79 Å². The SMILES string of the molecule is CCCCN(C(=O)C1CCCN(S(=O)(=O)CCC)C1)c1ccccc1. The molecule has 1 unspecified atom stereocenters. The first-order valence-corrected chi connectivity index (χ1v) is 10.9. The zero-order chi connectivity index (χ0) is 18.3. The lowest BCUT2D eigenvalue weighted by Gasteiger charge is -2.34. The Balaban J connectivity index is 2.15. The number of carbonyl (C=O) groups excluding carboxylic acids is 1. The summed E-state index contributed by atoms with van der Waals surface area (Å²) in [5.74, 6) is -0.0416. The van der Waals surface area contributed by atoms with E-state index < -0.39 is 10.0 Å². The van der Waals surface area contributed by atoms with Crippen molar-refractivity contribution in [2.45, 2.75) is 46.0 Å². The number of sulfonamides is 1. The molecule has 1 saturated heterocycles. The predicted molar refractivity (Wildman–Crippen MR) is 102 cm³/mol. The van der Waals surface area contributed by atoms with Gasteiger partial charge in [-0.2, -0.15) is 0 Å². The van der Waals surface area contributed by atoms with Gasteiger partial charge in [0, 0.05) is 25.3 Å². The molecule has 0 N–H and O–H groups in total. The highest BCUT2D eigenvalue weighted by molar-refractivity contribution is 7.89. The molecule has 1 amide bonds. The van der Waals surface area contributed by atoms with Crippen LogP contribution in [0.5, 0.6) is 0 Å². The molecule has 25 heavy (non-hydrogen) atoms. The van der Waals surface area contributed by atoms with Crippen molar-refractivity contribution in [3.05, 3.63) is 30.3 Å². The van der Waals surface area contributed by atoms with Crippen LogP contribution in [-0.4, -0.2) is 44.0 Å². The van der Waals surface area contributed by atoms with Crippen LogP contribution in [0.2, 0.25) is 0 Å². The van der Waals surface area contributed by atoms with Crippen molar-refractivity contribution in [2.75, 3.05) is 30.3 Å². The molecule has 140 valence electrons. The van der Waals surface area contributed by atoms with Gasteiger partial charge < -0.3 is 4.90 Å². The Morgan fingerprint density at radius 3 is 2.56 bits per heavy atom. The van der Waals surface area contributed by atoms with Crippen molar-refractivity contribution >= 4 is 21.6 Å². The number of hydrogen-bond donors (Lipinski definition) is 0. The van der Waals surface area contributed by atoms with Gasteiger partial charge in [0.05, 0.1) is 11.7 Å². The summed E-state index contributed by atoms with van der Waals surface area (Å²) in [6.45, 7) is 5.50. The van der Waals surface area contributed by atoms with Crippen molar-refractivity contribution in [3.63, 3.8) is 0 Å². The number of rotatable bonds is 8. The summed E-state index contributed by atoms with van der Waals surface area (Å²) in [7, 11) is -3.24. The second-order valence-corrected chi connectivity index (χ2v) is 8.78. The van der Waals surface area contributed by atoms with Gasteiger partial charge in [-0.15, -0.1) is 0 Å². The zero-order valence-corrected chi connectivity index (χ0v) is 16.2. The highest BCUT2D eigenvalue weighted by Gasteiger charge is 2.34. The summed E-state index contributed by atoms with van der Waals surface area (Å²) in [4.78, 5) is 15.0. The first-order valence-electron chi connectivity index (χ1n) is 9.33. The predicted octanol–water partition coefficient (Wildman–Crippen LogP) is 3.27. The Kier molecular flexibility index (Phi) is 7.44. The molecule has 1 aromatic rings. The molecule has 0 spiro atoms. The van der Waals surface area contributed by atoms with Crippen LogP contribution in [0.4, 0.5) is 5.69 Å². The number of nitrogens with zero attached hydrogens (tertiary/aromatic N) is 2. The van der Waals surface area contributed by atoms with E-state index in [-0.39, 0.29) is 17.6 Å². The largest absolute Gasteiger partial charge is 0.312 e. The van der Waals surface area contributed by atoms with Gasteiger partial charge in [0.2, 0.25) is 15.9 Å². The van der Waals surface area contributed by atoms with Crippen molar-refractivity contribution in [3.8, 4) is 0 Å². The fraction of sp³-hybridized carbons (Fsp3) is 0.632. The van der Waals surface area contributed by atoms with E-state index in [0.717, 1.165) is 31.4 Å². The Morgan fingerprint density at radius 2 is 1.92 bits per heavy atom. The van der Waals surface area contributed by atoms with E-state index in [1.165, 1.54) is 4.31 Å². The molecular weight excluding hydrogens is 336 g/mol. The van der Waals surface area contributed by atoms with Gasteiger partial charge in [-0.05, 0) is 37.8 Å². The van der Waals surface area contributed by atoms with E-state index in [1.54, 1.807) is 0 Å². The molecule has 1 fully saturated rings. The summed E-state index contributed by atoms with van der Waals surface area (Å²) in [5, 5.41) is 0. The first-order chi connectivity index (χ1) is 12.0. The van der Waals surface area contributed by atoms with Gasteiger partial charge in [-0.25, -0.2) is 12.7 Å². The maximum Gasteiger partial charge on any atom is 0.231 e. The third-order valence-electron chi connectivity index (χ3n) is 4.66. The average molecular weight is 367 g/mol. The third kappa shape index (κ3) is 5.28. The van der Waals surface area contributed by atoms with Crippen molar-refractivity contribution in [1.29, 1.82) is 0 Å². The molecular formula is C19H30N2O3S. The lowest BCUT2D eigenvalue weighted by atomic mass is 9.97. The maximum absolute atomic E-state index is 13.1. The molecule has 5 nitrogen and oxygen atoms in total. The van der Waals surface area contributed by atoms with Gasteiger partial charge in [0.1, 0.15) is 0 Å². The van der Waals surface area contributed by atoms with Gasteiger partial charge >= 0.3 is 0 Å². The van der Waals surface area contributed by atoms with Crippen LogP contribution in [0.25, 0.3) is 0 Å². The lowest BCUT2D eigenvalue weighted by Crippen LogP contribution is -2.47. The van der Waals surface area contributed by atoms with E-state index in [4.69, 9.17) is 0 Å².